The highest BCUT2D eigenvalue weighted by molar-refractivity contribution is 6.02. The van der Waals surface area contributed by atoms with Gasteiger partial charge in [-0.1, -0.05) is 0 Å². The normalized spacial score (nSPS) is 20.2. The molecule has 2 N–H and O–H groups in total. The molecule has 3 aliphatic rings. The Bertz CT molecular complexity index is 1070. The van der Waals surface area contributed by atoms with E-state index in [-0.39, 0.29) is 17.9 Å². The molecule has 0 spiro atoms. The highest BCUT2D eigenvalue weighted by Crippen LogP contribution is 2.32. The van der Waals surface area contributed by atoms with Crippen LogP contribution in [0.25, 0.3) is 0 Å². The Hall–Kier alpha value is -3.53. The molecule has 178 valence electrons. The lowest BCUT2D eigenvalue weighted by atomic mass is 10.1. The SMILES string of the molecule is O=C(OC(=O)N1CCNC(c2cncnc2)C1)c1ccc(NC(=O)C2CC2)cc1N1CCCC1. The number of anilines is 2. The van der Waals surface area contributed by atoms with E-state index < -0.39 is 12.1 Å². The quantitative estimate of drug-likeness (QED) is 0.512. The zero-order chi connectivity index (χ0) is 23.5. The van der Waals surface area contributed by atoms with Crippen molar-refractivity contribution in [3.63, 3.8) is 0 Å². The fourth-order valence-electron chi connectivity index (χ4n) is 4.42. The molecule has 1 saturated carbocycles. The molecule has 1 aromatic heterocycles. The van der Waals surface area contributed by atoms with Gasteiger partial charge < -0.3 is 25.2 Å². The molecule has 1 atom stereocenters. The van der Waals surface area contributed by atoms with E-state index in [1.54, 1.807) is 24.5 Å². The van der Waals surface area contributed by atoms with Crippen molar-refractivity contribution < 1.29 is 19.1 Å². The van der Waals surface area contributed by atoms with Crippen LogP contribution in [0, 0.1) is 5.92 Å². The summed E-state index contributed by atoms with van der Waals surface area (Å²) in [5, 5.41) is 6.27. The van der Waals surface area contributed by atoms with E-state index in [0.717, 1.165) is 44.3 Å². The molecule has 3 heterocycles. The predicted octanol–water partition coefficient (Wildman–Crippen LogP) is 2.35. The Labute approximate surface area is 197 Å². The predicted molar refractivity (Wildman–Crippen MR) is 124 cm³/mol. The number of carbonyl (C=O) groups excluding carboxylic acids is 3. The van der Waals surface area contributed by atoms with Gasteiger partial charge in [-0.05, 0) is 43.9 Å². The van der Waals surface area contributed by atoms with Gasteiger partial charge in [0.1, 0.15) is 6.33 Å². The van der Waals surface area contributed by atoms with Crippen LogP contribution < -0.4 is 15.5 Å². The first-order chi connectivity index (χ1) is 16.6. The van der Waals surface area contributed by atoms with Gasteiger partial charge in [-0.15, -0.1) is 0 Å². The fraction of sp³-hybridized carbons (Fsp3) is 0.458. The van der Waals surface area contributed by atoms with Crippen molar-refractivity contribution in [2.24, 2.45) is 5.92 Å². The Morgan fingerprint density at radius 2 is 1.82 bits per heavy atom. The number of carbonyl (C=O) groups is 3. The second-order valence-electron chi connectivity index (χ2n) is 8.97. The molecule has 2 amide bonds. The van der Waals surface area contributed by atoms with Crippen LogP contribution in [-0.4, -0.2) is 65.6 Å². The molecular weight excluding hydrogens is 436 g/mol. The minimum atomic E-state index is -0.690. The summed E-state index contributed by atoms with van der Waals surface area (Å²) in [6.45, 7) is 2.98. The average Bonchev–Trinajstić information content (AvgIpc) is 3.59. The first kappa shape index (κ1) is 22.3. The van der Waals surface area contributed by atoms with Crippen LogP contribution in [0.15, 0.2) is 36.9 Å². The van der Waals surface area contributed by atoms with Gasteiger partial charge in [0.2, 0.25) is 5.91 Å². The zero-order valence-electron chi connectivity index (χ0n) is 18.9. The maximum atomic E-state index is 13.1. The number of hydrogen-bond donors (Lipinski definition) is 2. The van der Waals surface area contributed by atoms with Crippen LogP contribution in [0.3, 0.4) is 0 Å². The number of amides is 2. The number of benzene rings is 1. The van der Waals surface area contributed by atoms with Crippen molar-refractivity contribution in [2.45, 2.75) is 31.7 Å². The van der Waals surface area contributed by atoms with Gasteiger partial charge in [-0.2, -0.15) is 0 Å². The van der Waals surface area contributed by atoms with E-state index in [2.05, 4.69) is 25.5 Å². The minimum Gasteiger partial charge on any atom is -0.372 e. The number of ether oxygens (including phenoxy) is 1. The van der Waals surface area contributed by atoms with E-state index >= 15 is 0 Å². The van der Waals surface area contributed by atoms with Crippen molar-refractivity contribution in [3.8, 4) is 0 Å². The molecule has 10 nitrogen and oxygen atoms in total. The Kier molecular flexibility index (Phi) is 6.39. The van der Waals surface area contributed by atoms with E-state index in [1.807, 2.05) is 6.07 Å². The maximum absolute atomic E-state index is 13.1. The van der Waals surface area contributed by atoms with Gasteiger partial charge in [0.25, 0.3) is 0 Å². The number of aromatic nitrogens is 2. The standard InChI is InChI=1S/C24H28N6O4/c31-22(16-3-4-16)28-18-5-6-19(21(11-18)29-8-1-2-9-29)23(32)34-24(33)30-10-7-27-20(14-30)17-12-25-15-26-13-17/h5-6,11-13,15-16,20,27H,1-4,7-10,14H2,(H,28,31). The number of nitrogens with one attached hydrogen (secondary N) is 2. The molecular formula is C24H28N6O4. The molecule has 0 bridgehead atoms. The summed E-state index contributed by atoms with van der Waals surface area (Å²) in [6, 6.07) is 5.00. The molecule has 3 fully saturated rings. The summed E-state index contributed by atoms with van der Waals surface area (Å²) in [4.78, 5) is 49.8. The van der Waals surface area contributed by atoms with Crippen molar-refractivity contribution in [2.75, 3.05) is 42.9 Å². The lowest BCUT2D eigenvalue weighted by molar-refractivity contribution is -0.117. The molecule has 1 unspecified atom stereocenters. The summed E-state index contributed by atoms with van der Waals surface area (Å²) >= 11 is 0. The zero-order valence-corrected chi connectivity index (χ0v) is 18.9. The second-order valence-corrected chi connectivity index (χ2v) is 8.97. The molecule has 10 heteroatoms. The number of piperazine rings is 1. The molecule has 34 heavy (non-hydrogen) atoms. The summed E-state index contributed by atoms with van der Waals surface area (Å²) in [7, 11) is 0. The monoisotopic (exact) mass is 464 g/mol. The van der Waals surface area contributed by atoms with Gasteiger partial charge in [0.15, 0.2) is 0 Å². The van der Waals surface area contributed by atoms with Crippen molar-refractivity contribution >= 4 is 29.3 Å². The number of hydrogen-bond acceptors (Lipinski definition) is 8. The van der Waals surface area contributed by atoms with Gasteiger partial charge in [0.05, 0.1) is 17.3 Å². The molecule has 2 aromatic rings. The lowest BCUT2D eigenvalue weighted by Gasteiger charge is -2.32. The van der Waals surface area contributed by atoms with E-state index in [9.17, 15) is 14.4 Å². The summed E-state index contributed by atoms with van der Waals surface area (Å²) < 4.78 is 5.30. The van der Waals surface area contributed by atoms with Crippen LogP contribution in [0.1, 0.15) is 47.6 Å². The Morgan fingerprint density at radius 1 is 1.06 bits per heavy atom. The van der Waals surface area contributed by atoms with Crippen molar-refractivity contribution in [1.29, 1.82) is 0 Å². The second kappa shape index (κ2) is 9.76. The topological polar surface area (TPSA) is 117 Å². The fourth-order valence-corrected chi connectivity index (χ4v) is 4.42. The first-order valence-electron chi connectivity index (χ1n) is 11.8. The summed E-state index contributed by atoms with van der Waals surface area (Å²) in [6.07, 6.45) is 8.08. The highest BCUT2D eigenvalue weighted by Gasteiger charge is 2.31. The van der Waals surface area contributed by atoms with Crippen LogP contribution in [0.5, 0.6) is 0 Å². The molecule has 1 aliphatic carbocycles. The third kappa shape index (κ3) is 5.01. The smallest absolute Gasteiger partial charge is 0.372 e. The molecule has 2 aliphatic heterocycles. The van der Waals surface area contributed by atoms with Crippen LogP contribution in [0.4, 0.5) is 16.2 Å². The van der Waals surface area contributed by atoms with Gasteiger partial charge in [0, 0.05) is 62.3 Å². The number of rotatable bonds is 5. The molecule has 5 rings (SSSR count). The maximum Gasteiger partial charge on any atom is 0.417 e. The summed E-state index contributed by atoms with van der Waals surface area (Å²) in [5.74, 6) is -0.595. The molecule has 0 radical (unpaired) electrons. The number of esters is 1. The molecule has 1 aromatic carbocycles. The molecule has 2 saturated heterocycles. The average molecular weight is 465 g/mol. The summed E-state index contributed by atoms with van der Waals surface area (Å²) in [5.41, 5.74) is 2.52. The van der Waals surface area contributed by atoms with E-state index in [0.29, 0.717) is 36.6 Å². The lowest BCUT2D eigenvalue weighted by Crippen LogP contribution is -2.48. The third-order valence-electron chi connectivity index (χ3n) is 6.48. The van der Waals surface area contributed by atoms with Crippen molar-refractivity contribution in [1.82, 2.24) is 20.2 Å². The van der Waals surface area contributed by atoms with Gasteiger partial charge in [-0.25, -0.2) is 19.6 Å². The highest BCUT2D eigenvalue weighted by atomic mass is 16.6. The van der Waals surface area contributed by atoms with Crippen LogP contribution in [-0.2, 0) is 9.53 Å². The van der Waals surface area contributed by atoms with Crippen molar-refractivity contribution in [3.05, 3.63) is 48.0 Å². The Morgan fingerprint density at radius 3 is 2.56 bits per heavy atom. The van der Waals surface area contributed by atoms with Crippen LogP contribution in [0.2, 0.25) is 0 Å². The first-order valence-corrected chi connectivity index (χ1v) is 11.8. The largest absolute Gasteiger partial charge is 0.417 e. The van der Waals surface area contributed by atoms with E-state index in [1.165, 1.54) is 11.2 Å². The van der Waals surface area contributed by atoms with Gasteiger partial charge >= 0.3 is 12.1 Å². The minimum absolute atomic E-state index is 0.00922. The third-order valence-corrected chi connectivity index (χ3v) is 6.48. The van der Waals surface area contributed by atoms with E-state index in [4.69, 9.17) is 4.74 Å². The van der Waals surface area contributed by atoms with Gasteiger partial charge in [-0.3, -0.25) is 4.79 Å². The number of nitrogens with zero attached hydrogens (tertiary/aromatic N) is 4. The Balaban J connectivity index is 1.29. The van der Waals surface area contributed by atoms with Crippen LogP contribution >= 0.6 is 0 Å².